The highest BCUT2D eigenvalue weighted by molar-refractivity contribution is 7.19. The van der Waals surface area contributed by atoms with Gasteiger partial charge in [-0.15, -0.1) is 11.3 Å². The Morgan fingerprint density at radius 3 is 2.64 bits per heavy atom. The molecule has 2 aromatic heterocycles. The molecule has 7 heteroatoms. The average molecular weight is 397 g/mol. The van der Waals surface area contributed by atoms with Crippen LogP contribution in [-0.4, -0.2) is 59.4 Å². The van der Waals surface area contributed by atoms with E-state index >= 15 is 0 Å². The highest BCUT2D eigenvalue weighted by atomic mass is 32.1. The molecule has 2 saturated heterocycles. The number of phenolic OH excluding ortho intramolecular Hbond substituents is 1. The third kappa shape index (κ3) is 3.57. The minimum atomic E-state index is 0.231. The Kier molecular flexibility index (Phi) is 4.88. The summed E-state index contributed by atoms with van der Waals surface area (Å²) < 4.78 is 6.69. The van der Waals surface area contributed by atoms with E-state index < -0.39 is 0 Å². The first-order valence-corrected chi connectivity index (χ1v) is 10.7. The van der Waals surface area contributed by atoms with Crippen LogP contribution in [0.25, 0.3) is 21.6 Å². The van der Waals surface area contributed by atoms with Gasteiger partial charge in [0, 0.05) is 30.1 Å². The molecule has 0 saturated carbocycles. The van der Waals surface area contributed by atoms with Crippen molar-refractivity contribution in [2.75, 3.05) is 44.3 Å². The second kappa shape index (κ2) is 7.66. The molecule has 0 unspecified atom stereocenters. The zero-order valence-electron chi connectivity index (χ0n) is 15.8. The topological polar surface area (TPSA) is 61.7 Å². The molecule has 1 N–H and O–H groups in total. The van der Waals surface area contributed by atoms with E-state index in [1.165, 1.54) is 30.8 Å². The maximum absolute atomic E-state index is 9.88. The third-order valence-corrected chi connectivity index (χ3v) is 6.50. The van der Waals surface area contributed by atoms with E-state index in [-0.39, 0.29) is 5.75 Å². The summed E-state index contributed by atoms with van der Waals surface area (Å²) in [6.45, 7) is 6.48. The summed E-state index contributed by atoms with van der Waals surface area (Å²) in [5.41, 5.74) is 1.83. The zero-order valence-corrected chi connectivity index (χ0v) is 16.6. The number of fused-ring (bicyclic) bond motifs is 1. The van der Waals surface area contributed by atoms with Crippen molar-refractivity contribution >= 4 is 27.4 Å². The number of rotatable bonds is 4. The molecule has 0 bridgehead atoms. The normalized spacial score (nSPS) is 18.2. The van der Waals surface area contributed by atoms with Crippen molar-refractivity contribution in [3.8, 4) is 17.1 Å². The van der Waals surface area contributed by atoms with Gasteiger partial charge in [0.25, 0.3) is 0 Å². The Labute approximate surface area is 168 Å². The number of phenols is 1. The average Bonchev–Trinajstić information content (AvgIpc) is 3.37. The first-order chi connectivity index (χ1) is 13.8. The molecule has 4 heterocycles. The zero-order chi connectivity index (χ0) is 18.9. The molecule has 0 atom stereocenters. The van der Waals surface area contributed by atoms with Crippen LogP contribution in [0.3, 0.4) is 0 Å². The molecule has 2 aliphatic heterocycles. The number of ether oxygens (including phenoxy) is 1. The molecule has 0 radical (unpaired) electrons. The fourth-order valence-corrected chi connectivity index (χ4v) is 5.12. The van der Waals surface area contributed by atoms with Gasteiger partial charge >= 0.3 is 0 Å². The number of anilines is 1. The van der Waals surface area contributed by atoms with Crippen molar-refractivity contribution < 1.29 is 9.84 Å². The van der Waals surface area contributed by atoms with Gasteiger partial charge in [0.1, 0.15) is 5.75 Å². The summed E-state index contributed by atoms with van der Waals surface area (Å²) in [7, 11) is 0. The Morgan fingerprint density at radius 1 is 1.04 bits per heavy atom. The van der Waals surface area contributed by atoms with Crippen LogP contribution in [0.15, 0.2) is 30.3 Å². The van der Waals surface area contributed by atoms with Gasteiger partial charge in [-0.05, 0) is 44.1 Å². The predicted octanol–water partition coefficient (Wildman–Crippen LogP) is 3.50. The van der Waals surface area contributed by atoms with Crippen LogP contribution >= 0.6 is 11.3 Å². The van der Waals surface area contributed by atoms with Crippen molar-refractivity contribution in [1.82, 2.24) is 14.9 Å². The Morgan fingerprint density at radius 2 is 1.86 bits per heavy atom. The van der Waals surface area contributed by atoms with Gasteiger partial charge in [0.15, 0.2) is 11.6 Å². The largest absolute Gasteiger partial charge is 0.508 e. The summed E-state index contributed by atoms with van der Waals surface area (Å²) in [5, 5.41) is 9.88. The van der Waals surface area contributed by atoms with Gasteiger partial charge in [-0.1, -0.05) is 12.1 Å². The maximum atomic E-state index is 9.88. The first kappa shape index (κ1) is 17.8. The summed E-state index contributed by atoms with van der Waals surface area (Å²) in [5.74, 6) is 1.88. The number of nitrogens with zero attached hydrogens (tertiary/aromatic N) is 4. The number of likely N-dealkylation sites (tertiary alicyclic amines) is 1. The van der Waals surface area contributed by atoms with E-state index in [0.29, 0.717) is 5.82 Å². The van der Waals surface area contributed by atoms with Gasteiger partial charge < -0.3 is 14.7 Å². The van der Waals surface area contributed by atoms with Crippen LogP contribution < -0.4 is 4.90 Å². The predicted molar refractivity (Wildman–Crippen MR) is 112 cm³/mol. The molecule has 0 amide bonds. The molecule has 0 spiro atoms. The quantitative estimate of drug-likeness (QED) is 0.728. The van der Waals surface area contributed by atoms with Crippen molar-refractivity contribution in [2.45, 2.75) is 19.4 Å². The van der Waals surface area contributed by atoms with Gasteiger partial charge in [0.2, 0.25) is 0 Å². The van der Waals surface area contributed by atoms with Crippen molar-refractivity contribution in [3.63, 3.8) is 0 Å². The lowest BCUT2D eigenvalue weighted by atomic mass is 10.2. The molecule has 28 heavy (non-hydrogen) atoms. The van der Waals surface area contributed by atoms with Gasteiger partial charge in [-0.25, -0.2) is 9.97 Å². The van der Waals surface area contributed by atoms with Gasteiger partial charge in [-0.3, -0.25) is 4.90 Å². The van der Waals surface area contributed by atoms with Crippen LogP contribution in [0.2, 0.25) is 0 Å². The molecule has 6 nitrogen and oxygen atoms in total. The summed E-state index contributed by atoms with van der Waals surface area (Å²) in [6, 6.07) is 9.39. The van der Waals surface area contributed by atoms with Gasteiger partial charge in [-0.2, -0.15) is 0 Å². The lowest BCUT2D eigenvalue weighted by molar-refractivity contribution is 0.122. The number of aromatic hydroxyl groups is 1. The van der Waals surface area contributed by atoms with E-state index in [0.717, 1.165) is 54.4 Å². The molecule has 2 aliphatic rings. The molecular formula is C21H24N4O2S. The molecule has 1 aromatic carbocycles. The number of aromatic nitrogens is 2. The molecule has 3 aromatic rings. The van der Waals surface area contributed by atoms with E-state index in [1.807, 2.05) is 23.5 Å². The summed E-state index contributed by atoms with van der Waals surface area (Å²) >= 11 is 1.81. The first-order valence-electron chi connectivity index (χ1n) is 9.91. The molecule has 146 valence electrons. The van der Waals surface area contributed by atoms with Crippen LogP contribution in [0.1, 0.15) is 17.7 Å². The monoisotopic (exact) mass is 396 g/mol. The van der Waals surface area contributed by atoms with Crippen LogP contribution in [0.4, 0.5) is 5.82 Å². The molecule has 5 rings (SSSR count). The summed E-state index contributed by atoms with van der Waals surface area (Å²) in [4.78, 5) is 15.9. The Hall–Kier alpha value is -2.22. The SMILES string of the molecule is Oc1cccc(-c2nc(N3CCOCC3)c3sc(CN4CCCC4)cc3n2)c1. The number of hydrogen-bond acceptors (Lipinski definition) is 7. The van der Waals surface area contributed by atoms with Crippen molar-refractivity contribution in [3.05, 3.63) is 35.2 Å². The fraction of sp³-hybridized carbons (Fsp3) is 0.429. The highest BCUT2D eigenvalue weighted by Gasteiger charge is 2.21. The van der Waals surface area contributed by atoms with E-state index in [9.17, 15) is 5.11 Å². The Balaban J connectivity index is 1.58. The molecular weight excluding hydrogens is 372 g/mol. The van der Waals surface area contributed by atoms with Crippen molar-refractivity contribution in [2.24, 2.45) is 0 Å². The lowest BCUT2D eigenvalue weighted by Gasteiger charge is -2.28. The number of hydrogen-bond donors (Lipinski definition) is 1. The van der Waals surface area contributed by atoms with Gasteiger partial charge in [0.05, 0.1) is 23.4 Å². The third-order valence-electron chi connectivity index (χ3n) is 5.40. The minimum absolute atomic E-state index is 0.231. The summed E-state index contributed by atoms with van der Waals surface area (Å²) in [6.07, 6.45) is 2.59. The van der Waals surface area contributed by atoms with E-state index in [4.69, 9.17) is 14.7 Å². The lowest BCUT2D eigenvalue weighted by Crippen LogP contribution is -2.36. The molecule has 2 fully saturated rings. The van der Waals surface area contributed by atoms with Crippen LogP contribution in [0.5, 0.6) is 5.75 Å². The van der Waals surface area contributed by atoms with Crippen LogP contribution in [0, 0.1) is 0 Å². The molecule has 0 aliphatic carbocycles. The second-order valence-corrected chi connectivity index (χ2v) is 8.57. The highest BCUT2D eigenvalue weighted by Crippen LogP contribution is 2.35. The Bertz CT molecular complexity index is 978. The van der Waals surface area contributed by atoms with E-state index in [1.54, 1.807) is 12.1 Å². The number of thiophene rings is 1. The van der Waals surface area contributed by atoms with E-state index in [2.05, 4.69) is 15.9 Å². The fourth-order valence-electron chi connectivity index (χ4n) is 3.97. The standard InChI is InChI=1S/C21H24N4O2S/c26-16-5-3-4-15(12-16)20-22-18-13-17(14-24-6-1-2-7-24)28-19(18)21(23-20)25-8-10-27-11-9-25/h3-5,12-13,26H,1-2,6-11,14H2. The number of morpholine rings is 1. The minimum Gasteiger partial charge on any atom is -0.508 e. The van der Waals surface area contributed by atoms with Crippen LogP contribution in [-0.2, 0) is 11.3 Å². The van der Waals surface area contributed by atoms with Crippen molar-refractivity contribution in [1.29, 1.82) is 0 Å². The second-order valence-electron chi connectivity index (χ2n) is 7.43. The number of benzene rings is 1. The maximum Gasteiger partial charge on any atom is 0.162 e. The smallest absolute Gasteiger partial charge is 0.162 e.